The van der Waals surface area contributed by atoms with Gasteiger partial charge in [-0.25, -0.2) is 4.79 Å². The Morgan fingerprint density at radius 3 is 2.67 bits per heavy atom. The molecule has 0 fully saturated rings. The molecule has 0 saturated heterocycles. The van der Waals surface area contributed by atoms with Gasteiger partial charge in [0.2, 0.25) is 5.78 Å². The van der Waals surface area contributed by atoms with E-state index < -0.39 is 11.2 Å². The fourth-order valence-corrected chi connectivity index (χ4v) is 3.21. The SMILES string of the molecule is COc1ccc(NCCn2c(C)cn3c4c(=O)[nH]c(=O)n(C)c4nc23)cc1. The first-order valence-electron chi connectivity index (χ1n) is 8.54. The lowest BCUT2D eigenvalue weighted by atomic mass is 10.3. The van der Waals surface area contributed by atoms with Crippen LogP contribution in [-0.2, 0) is 13.6 Å². The van der Waals surface area contributed by atoms with Gasteiger partial charge in [-0.3, -0.25) is 18.7 Å². The van der Waals surface area contributed by atoms with Crippen LogP contribution in [0.4, 0.5) is 5.69 Å². The molecule has 0 aliphatic rings. The van der Waals surface area contributed by atoms with E-state index in [1.807, 2.05) is 42.0 Å². The van der Waals surface area contributed by atoms with Gasteiger partial charge < -0.3 is 14.6 Å². The second kappa shape index (κ2) is 6.35. The molecule has 1 aromatic carbocycles. The Balaban J connectivity index is 1.65. The van der Waals surface area contributed by atoms with Crippen molar-refractivity contribution in [2.45, 2.75) is 13.5 Å². The van der Waals surface area contributed by atoms with Crippen LogP contribution in [0, 0.1) is 6.92 Å². The molecule has 0 aliphatic carbocycles. The number of fused-ring (bicyclic) bond motifs is 3. The number of rotatable bonds is 5. The summed E-state index contributed by atoms with van der Waals surface area (Å²) < 4.78 is 10.3. The Labute approximate surface area is 153 Å². The number of hydrogen-bond donors (Lipinski definition) is 2. The van der Waals surface area contributed by atoms with E-state index in [9.17, 15) is 9.59 Å². The van der Waals surface area contributed by atoms with Crippen LogP contribution in [-0.4, -0.2) is 37.2 Å². The van der Waals surface area contributed by atoms with Crippen molar-refractivity contribution in [1.29, 1.82) is 0 Å². The summed E-state index contributed by atoms with van der Waals surface area (Å²) in [4.78, 5) is 30.9. The second-order valence-corrected chi connectivity index (χ2v) is 6.35. The quantitative estimate of drug-likeness (QED) is 0.550. The van der Waals surface area contributed by atoms with Crippen LogP contribution in [0.3, 0.4) is 0 Å². The highest BCUT2D eigenvalue weighted by Crippen LogP contribution is 2.17. The molecule has 0 bridgehead atoms. The minimum absolute atomic E-state index is 0.371. The minimum atomic E-state index is -0.474. The average Bonchev–Trinajstić information content (AvgIpc) is 3.16. The fraction of sp³-hybridized carbons (Fsp3) is 0.278. The number of hydrogen-bond acceptors (Lipinski definition) is 5. The molecule has 0 amide bonds. The molecular weight excluding hydrogens is 348 g/mol. The number of ether oxygens (including phenoxy) is 1. The van der Waals surface area contributed by atoms with Gasteiger partial charge in [-0.15, -0.1) is 0 Å². The smallest absolute Gasteiger partial charge is 0.329 e. The van der Waals surface area contributed by atoms with E-state index in [0.717, 1.165) is 17.1 Å². The number of aryl methyl sites for hydroxylation is 2. The lowest BCUT2D eigenvalue weighted by Crippen LogP contribution is -2.28. The molecule has 4 aromatic rings. The predicted octanol–water partition coefficient (Wildman–Crippen LogP) is 1.11. The molecule has 0 atom stereocenters. The van der Waals surface area contributed by atoms with E-state index in [2.05, 4.69) is 15.3 Å². The van der Waals surface area contributed by atoms with Crippen LogP contribution in [0.2, 0.25) is 0 Å². The standard InChI is InChI=1S/C18H20N6O3/c1-11-10-24-14-15(22(2)18(26)21-16(14)25)20-17(24)23(11)9-8-19-12-4-6-13(27-3)7-5-12/h4-7,10,19H,8-9H2,1-3H3,(H,21,25,26). The maximum atomic E-state index is 12.2. The molecular formula is C18H20N6O3. The van der Waals surface area contributed by atoms with Gasteiger partial charge >= 0.3 is 5.69 Å². The van der Waals surface area contributed by atoms with E-state index in [0.29, 0.717) is 30.0 Å². The third kappa shape index (κ3) is 2.77. The Kier molecular flexibility index (Phi) is 3.98. The molecule has 27 heavy (non-hydrogen) atoms. The van der Waals surface area contributed by atoms with Gasteiger partial charge in [0.1, 0.15) is 5.75 Å². The summed E-state index contributed by atoms with van der Waals surface area (Å²) in [6, 6.07) is 7.71. The molecule has 0 unspecified atom stereocenters. The molecule has 3 aromatic heterocycles. The Morgan fingerprint density at radius 2 is 1.96 bits per heavy atom. The van der Waals surface area contributed by atoms with Crippen LogP contribution in [0.15, 0.2) is 40.1 Å². The molecule has 9 heteroatoms. The Bertz CT molecular complexity index is 1240. The maximum Gasteiger partial charge on any atom is 0.329 e. The number of imidazole rings is 2. The van der Waals surface area contributed by atoms with Crippen molar-refractivity contribution >= 4 is 22.6 Å². The first-order chi connectivity index (χ1) is 13.0. The second-order valence-electron chi connectivity index (χ2n) is 6.35. The molecule has 9 nitrogen and oxygen atoms in total. The number of nitrogens with one attached hydrogen (secondary N) is 2. The number of aromatic amines is 1. The van der Waals surface area contributed by atoms with E-state index in [4.69, 9.17) is 4.74 Å². The normalized spacial score (nSPS) is 11.4. The first-order valence-corrected chi connectivity index (χ1v) is 8.54. The van der Waals surface area contributed by atoms with Gasteiger partial charge in [0.15, 0.2) is 11.2 Å². The Hall–Kier alpha value is -3.49. The first kappa shape index (κ1) is 17.0. The Morgan fingerprint density at radius 1 is 1.22 bits per heavy atom. The summed E-state index contributed by atoms with van der Waals surface area (Å²) >= 11 is 0. The monoisotopic (exact) mass is 368 g/mol. The largest absolute Gasteiger partial charge is 0.497 e. The molecule has 2 N–H and O–H groups in total. The zero-order valence-corrected chi connectivity index (χ0v) is 15.3. The van der Waals surface area contributed by atoms with Crippen LogP contribution >= 0.6 is 0 Å². The molecule has 4 rings (SSSR count). The van der Waals surface area contributed by atoms with Crippen molar-refractivity contribution in [3.8, 4) is 5.75 Å². The number of methoxy groups -OCH3 is 1. The van der Waals surface area contributed by atoms with Gasteiger partial charge in [-0.05, 0) is 31.2 Å². The molecule has 140 valence electrons. The summed E-state index contributed by atoms with van der Waals surface area (Å²) in [5.41, 5.74) is 1.80. The molecule has 0 spiro atoms. The lowest BCUT2D eigenvalue weighted by Gasteiger charge is -2.09. The minimum Gasteiger partial charge on any atom is -0.497 e. The molecule has 3 heterocycles. The van der Waals surface area contributed by atoms with E-state index >= 15 is 0 Å². The summed E-state index contributed by atoms with van der Waals surface area (Å²) in [7, 11) is 3.23. The van der Waals surface area contributed by atoms with Gasteiger partial charge in [0.25, 0.3) is 5.56 Å². The van der Waals surface area contributed by atoms with Gasteiger partial charge in [0, 0.05) is 37.7 Å². The van der Waals surface area contributed by atoms with E-state index in [1.54, 1.807) is 18.6 Å². The third-order valence-electron chi connectivity index (χ3n) is 4.67. The highest BCUT2D eigenvalue weighted by Gasteiger charge is 2.17. The summed E-state index contributed by atoms with van der Waals surface area (Å²) in [5.74, 6) is 1.44. The fourth-order valence-electron chi connectivity index (χ4n) is 3.21. The van der Waals surface area contributed by atoms with Crippen molar-refractivity contribution in [1.82, 2.24) is 23.5 Å². The van der Waals surface area contributed by atoms with E-state index in [-0.39, 0.29) is 0 Å². The van der Waals surface area contributed by atoms with Crippen LogP contribution in [0.1, 0.15) is 5.69 Å². The van der Waals surface area contributed by atoms with Crippen LogP contribution < -0.4 is 21.3 Å². The zero-order chi connectivity index (χ0) is 19.1. The van der Waals surface area contributed by atoms with Crippen molar-refractivity contribution in [3.63, 3.8) is 0 Å². The number of aromatic nitrogens is 5. The number of H-pyrrole nitrogens is 1. The number of anilines is 1. The number of nitrogens with zero attached hydrogens (tertiary/aromatic N) is 4. The summed E-state index contributed by atoms with van der Waals surface area (Å²) in [5, 5.41) is 3.36. The highest BCUT2D eigenvalue weighted by molar-refractivity contribution is 5.75. The molecule has 0 saturated carbocycles. The zero-order valence-electron chi connectivity index (χ0n) is 15.3. The predicted molar refractivity (Wildman–Crippen MR) is 103 cm³/mol. The number of benzene rings is 1. The third-order valence-corrected chi connectivity index (χ3v) is 4.67. The summed E-state index contributed by atoms with van der Waals surface area (Å²) in [6.07, 6.45) is 1.86. The van der Waals surface area contributed by atoms with Crippen molar-refractivity contribution in [2.24, 2.45) is 7.05 Å². The summed E-state index contributed by atoms with van der Waals surface area (Å²) in [6.45, 7) is 3.30. The maximum absolute atomic E-state index is 12.2. The van der Waals surface area contributed by atoms with Crippen LogP contribution in [0.5, 0.6) is 5.75 Å². The lowest BCUT2D eigenvalue weighted by molar-refractivity contribution is 0.415. The van der Waals surface area contributed by atoms with Gasteiger partial charge in [-0.1, -0.05) is 0 Å². The topological polar surface area (TPSA) is 98.4 Å². The van der Waals surface area contributed by atoms with Crippen molar-refractivity contribution in [3.05, 3.63) is 57.0 Å². The molecule has 0 radical (unpaired) electrons. The molecule has 0 aliphatic heterocycles. The van der Waals surface area contributed by atoms with Crippen molar-refractivity contribution in [2.75, 3.05) is 19.0 Å². The van der Waals surface area contributed by atoms with Crippen LogP contribution in [0.25, 0.3) is 16.9 Å². The van der Waals surface area contributed by atoms with Gasteiger partial charge in [-0.2, -0.15) is 4.98 Å². The van der Waals surface area contributed by atoms with E-state index in [1.165, 1.54) is 4.57 Å². The average molecular weight is 368 g/mol. The van der Waals surface area contributed by atoms with Gasteiger partial charge in [0.05, 0.1) is 7.11 Å². The van der Waals surface area contributed by atoms with Crippen molar-refractivity contribution < 1.29 is 4.74 Å². The highest BCUT2D eigenvalue weighted by atomic mass is 16.5.